The fourth-order valence-corrected chi connectivity index (χ4v) is 2.10. The monoisotopic (exact) mass is 261 g/mol. The molecule has 0 radical (unpaired) electrons. The van der Waals surface area contributed by atoms with Gasteiger partial charge in [-0.25, -0.2) is 4.98 Å². The number of nitrogens with one attached hydrogen (secondary N) is 1. The fraction of sp³-hybridized carbons (Fsp3) is 0.357. The summed E-state index contributed by atoms with van der Waals surface area (Å²) in [6, 6.07) is 5.73. The Kier molecular flexibility index (Phi) is 4.06. The lowest BCUT2D eigenvalue weighted by atomic mass is 10.1. The van der Waals surface area contributed by atoms with Gasteiger partial charge >= 0.3 is 0 Å². The van der Waals surface area contributed by atoms with E-state index in [0.717, 1.165) is 33.8 Å². The highest BCUT2D eigenvalue weighted by atomic mass is 16.5. The van der Waals surface area contributed by atoms with E-state index in [1.54, 1.807) is 14.2 Å². The highest BCUT2D eigenvalue weighted by molar-refractivity contribution is 5.99. The minimum atomic E-state index is 0.565. The van der Waals surface area contributed by atoms with Crippen molar-refractivity contribution in [3.63, 3.8) is 0 Å². The zero-order chi connectivity index (χ0) is 13.8. The van der Waals surface area contributed by atoms with Crippen LogP contribution in [0.2, 0.25) is 0 Å². The first-order chi connectivity index (χ1) is 9.21. The number of ether oxygens (including phenoxy) is 2. The van der Waals surface area contributed by atoms with Crippen molar-refractivity contribution in [2.75, 3.05) is 32.6 Å². The molecule has 0 aliphatic rings. The number of anilines is 1. The van der Waals surface area contributed by atoms with Crippen molar-refractivity contribution in [2.45, 2.75) is 6.92 Å². The van der Waals surface area contributed by atoms with E-state index < -0.39 is 0 Å². The van der Waals surface area contributed by atoms with E-state index in [1.807, 2.05) is 25.1 Å². The van der Waals surface area contributed by atoms with Gasteiger partial charge in [-0.3, -0.25) is 0 Å². The van der Waals surface area contributed by atoms with Crippen LogP contribution >= 0.6 is 0 Å². The SMILES string of the molecule is COc1ccc(OC)c2c(NCCN)cc(C)nc12. The van der Waals surface area contributed by atoms with Crippen molar-refractivity contribution in [1.29, 1.82) is 0 Å². The van der Waals surface area contributed by atoms with E-state index in [9.17, 15) is 0 Å². The second kappa shape index (κ2) is 5.75. The van der Waals surface area contributed by atoms with Crippen LogP contribution in [0.5, 0.6) is 11.5 Å². The lowest BCUT2D eigenvalue weighted by molar-refractivity contribution is 0.410. The molecule has 0 spiro atoms. The molecular weight excluding hydrogens is 242 g/mol. The quantitative estimate of drug-likeness (QED) is 0.860. The number of methoxy groups -OCH3 is 2. The number of aromatic nitrogens is 1. The molecular formula is C14H19N3O2. The first-order valence-electron chi connectivity index (χ1n) is 6.17. The summed E-state index contributed by atoms with van der Waals surface area (Å²) >= 11 is 0. The Hall–Kier alpha value is -2.01. The lowest BCUT2D eigenvalue weighted by Gasteiger charge is -2.15. The van der Waals surface area contributed by atoms with Crippen LogP contribution in [-0.2, 0) is 0 Å². The highest BCUT2D eigenvalue weighted by Crippen LogP contribution is 2.37. The van der Waals surface area contributed by atoms with Gasteiger partial charge in [0, 0.05) is 24.5 Å². The topological polar surface area (TPSA) is 69.4 Å². The van der Waals surface area contributed by atoms with Crippen LogP contribution in [0.4, 0.5) is 5.69 Å². The van der Waals surface area contributed by atoms with Crippen molar-refractivity contribution >= 4 is 16.6 Å². The molecule has 5 nitrogen and oxygen atoms in total. The van der Waals surface area contributed by atoms with Gasteiger partial charge in [-0.1, -0.05) is 0 Å². The van der Waals surface area contributed by atoms with Crippen molar-refractivity contribution < 1.29 is 9.47 Å². The first kappa shape index (κ1) is 13.4. The lowest BCUT2D eigenvalue weighted by Crippen LogP contribution is -2.13. The summed E-state index contributed by atoms with van der Waals surface area (Å²) in [4.78, 5) is 4.55. The molecule has 5 heteroatoms. The fourth-order valence-electron chi connectivity index (χ4n) is 2.10. The number of fused-ring (bicyclic) bond motifs is 1. The molecule has 0 aliphatic heterocycles. The smallest absolute Gasteiger partial charge is 0.145 e. The molecule has 0 fully saturated rings. The molecule has 1 heterocycles. The average molecular weight is 261 g/mol. The van der Waals surface area contributed by atoms with Gasteiger partial charge in [0.1, 0.15) is 17.0 Å². The van der Waals surface area contributed by atoms with E-state index in [4.69, 9.17) is 15.2 Å². The normalized spacial score (nSPS) is 10.5. The van der Waals surface area contributed by atoms with Crippen molar-refractivity contribution in [3.8, 4) is 11.5 Å². The third kappa shape index (κ3) is 2.56. The predicted octanol–water partition coefficient (Wildman–Crippen LogP) is 1.93. The summed E-state index contributed by atoms with van der Waals surface area (Å²) in [5, 5.41) is 4.22. The molecule has 0 unspecified atom stereocenters. The predicted molar refractivity (Wildman–Crippen MR) is 77.1 cm³/mol. The van der Waals surface area contributed by atoms with Gasteiger partial charge in [0.15, 0.2) is 0 Å². The van der Waals surface area contributed by atoms with E-state index in [1.165, 1.54) is 0 Å². The second-order valence-electron chi connectivity index (χ2n) is 4.22. The number of rotatable bonds is 5. The molecule has 1 aromatic carbocycles. The number of hydrogen-bond donors (Lipinski definition) is 2. The molecule has 1 aromatic heterocycles. The molecule has 102 valence electrons. The summed E-state index contributed by atoms with van der Waals surface area (Å²) in [7, 11) is 3.28. The molecule has 0 atom stereocenters. The summed E-state index contributed by atoms with van der Waals surface area (Å²) < 4.78 is 10.8. The van der Waals surface area contributed by atoms with Crippen molar-refractivity contribution in [3.05, 3.63) is 23.9 Å². The van der Waals surface area contributed by atoms with Gasteiger partial charge in [-0.2, -0.15) is 0 Å². The number of hydrogen-bond acceptors (Lipinski definition) is 5. The Morgan fingerprint density at radius 1 is 1.21 bits per heavy atom. The van der Waals surface area contributed by atoms with E-state index in [0.29, 0.717) is 13.1 Å². The number of nitrogens with two attached hydrogens (primary N) is 1. The maximum Gasteiger partial charge on any atom is 0.145 e. The molecule has 2 aromatic rings. The minimum absolute atomic E-state index is 0.565. The summed E-state index contributed by atoms with van der Waals surface area (Å²) in [6.45, 7) is 3.21. The van der Waals surface area contributed by atoms with Crippen LogP contribution in [0.1, 0.15) is 5.69 Å². The van der Waals surface area contributed by atoms with Gasteiger partial charge in [0.2, 0.25) is 0 Å². The van der Waals surface area contributed by atoms with Gasteiger partial charge in [0.25, 0.3) is 0 Å². The Bertz CT molecular complexity index is 584. The van der Waals surface area contributed by atoms with Crippen LogP contribution in [0.3, 0.4) is 0 Å². The Balaban J connectivity index is 2.71. The first-order valence-corrected chi connectivity index (χ1v) is 6.17. The zero-order valence-electron chi connectivity index (χ0n) is 11.5. The number of nitrogens with zero attached hydrogens (tertiary/aromatic N) is 1. The maximum atomic E-state index is 5.55. The zero-order valence-corrected chi connectivity index (χ0v) is 11.5. The van der Waals surface area contributed by atoms with Crippen LogP contribution in [0, 0.1) is 6.92 Å². The minimum Gasteiger partial charge on any atom is -0.496 e. The highest BCUT2D eigenvalue weighted by Gasteiger charge is 2.13. The molecule has 0 saturated carbocycles. The molecule has 3 N–H and O–H groups in total. The standard InChI is InChI=1S/C14H19N3O2/c1-9-8-10(16-7-6-15)13-11(18-2)4-5-12(19-3)14(13)17-9/h4-5,8H,6-7,15H2,1-3H3,(H,16,17). The van der Waals surface area contributed by atoms with Gasteiger partial charge in [-0.05, 0) is 25.1 Å². The van der Waals surface area contributed by atoms with Crippen LogP contribution in [0.25, 0.3) is 10.9 Å². The summed E-state index contributed by atoms with van der Waals surface area (Å²) in [5.41, 5.74) is 8.22. The van der Waals surface area contributed by atoms with Gasteiger partial charge < -0.3 is 20.5 Å². The third-order valence-corrected chi connectivity index (χ3v) is 2.91. The largest absolute Gasteiger partial charge is 0.496 e. The number of aryl methyl sites for hydroxylation is 1. The molecule has 0 bridgehead atoms. The number of benzene rings is 1. The van der Waals surface area contributed by atoms with Crippen LogP contribution in [0.15, 0.2) is 18.2 Å². The van der Waals surface area contributed by atoms with Crippen molar-refractivity contribution in [1.82, 2.24) is 4.98 Å². The Morgan fingerprint density at radius 3 is 2.53 bits per heavy atom. The van der Waals surface area contributed by atoms with Crippen LogP contribution in [-0.4, -0.2) is 32.3 Å². The van der Waals surface area contributed by atoms with Crippen LogP contribution < -0.4 is 20.5 Å². The molecule has 0 amide bonds. The molecule has 0 saturated heterocycles. The Labute approximate surface area is 112 Å². The van der Waals surface area contributed by atoms with Gasteiger partial charge in [0.05, 0.1) is 19.6 Å². The molecule has 19 heavy (non-hydrogen) atoms. The van der Waals surface area contributed by atoms with Gasteiger partial charge in [-0.15, -0.1) is 0 Å². The number of pyridine rings is 1. The van der Waals surface area contributed by atoms with Crippen molar-refractivity contribution in [2.24, 2.45) is 5.73 Å². The second-order valence-corrected chi connectivity index (χ2v) is 4.22. The Morgan fingerprint density at radius 2 is 1.89 bits per heavy atom. The molecule has 0 aliphatic carbocycles. The molecule has 2 rings (SSSR count). The summed E-state index contributed by atoms with van der Waals surface area (Å²) in [5.74, 6) is 1.50. The average Bonchev–Trinajstić information content (AvgIpc) is 2.43. The van der Waals surface area contributed by atoms with E-state index >= 15 is 0 Å². The van der Waals surface area contributed by atoms with E-state index in [2.05, 4.69) is 10.3 Å². The summed E-state index contributed by atoms with van der Waals surface area (Å²) in [6.07, 6.45) is 0. The third-order valence-electron chi connectivity index (χ3n) is 2.91. The van der Waals surface area contributed by atoms with E-state index in [-0.39, 0.29) is 0 Å². The maximum absolute atomic E-state index is 5.55.